The number of benzene rings is 3. The molecule has 0 radical (unpaired) electrons. The number of ether oxygens (including phenoxy) is 1. The van der Waals surface area contributed by atoms with E-state index < -0.39 is 22.0 Å². The molecule has 0 spiro atoms. The van der Waals surface area contributed by atoms with Gasteiger partial charge in [0.25, 0.3) is 0 Å². The van der Waals surface area contributed by atoms with Crippen molar-refractivity contribution in [1.29, 1.82) is 0 Å². The summed E-state index contributed by atoms with van der Waals surface area (Å²) in [5.74, 6) is -0.373. The van der Waals surface area contributed by atoms with Gasteiger partial charge < -0.3 is 10.1 Å². The van der Waals surface area contributed by atoms with Crippen LogP contribution in [0.2, 0.25) is 5.02 Å². The monoisotopic (exact) mass is 522 g/mol. The lowest BCUT2D eigenvalue weighted by atomic mass is 10.1. The van der Waals surface area contributed by atoms with Crippen LogP contribution in [0.1, 0.15) is 5.56 Å². The summed E-state index contributed by atoms with van der Waals surface area (Å²) in [5, 5.41) is 3.01. The van der Waals surface area contributed by atoms with Gasteiger partial charge in [0.2, 0.25) is 15.9 Å². The predicted octanol–water partition coefficient (Wildman–Crippen LogP) is 4.64. The molecule has 0 saturated heterocycles. The number of halogens is 2. The van der Waals surface area contributed by atoms with Gasteiger partial charge in [0, 0.05) is 9.50 Å². The molecule has 0 aromatic heterocycles. The number of nitrogens with one attached hydrogen (secondary N) is 2. The first kappa shape index (κ1) is 23.3. The summed E-state index contributed by atoms with van der Waals surface area (Å²) in [5.41, 5.74) is 1.33. The van der Waals surface area contributed by atoms with Gasteiger partial charge in [-0.2, -0.15) is 4.72 Å². The molecule has 0 fully saturated rings. The summed E-state index contributed by atoms with van der Waals surface area (Å²) in [6, 6.07) is 19.4. The first-order valence-electron chi connectivity index (χ1n) is 9.25. The van der Waals surface area contributed by atoms with Gasteiger partial charge in [-0.15, -0.1) is 0 Å². The van der Waals surface area contributed by atoms with Gasteiger partial charge >= 0.3 is 0 Å². The van der Waals surface area contributed by atoms with Crippen LogP contribution in [-0.4, -0.2) is 27.5 Å². The van der Waals surface area contributed by atoms with Gasteiger partial charge in [-0.3, -0.25) is 4.79 Å². The highest BCUT2D eigenvalue weighted by molar-refractivity contribution is 9.10. The number of anilines is 1. The maximum atomic E-state index is 13.1. The lowest BCUT2D eigenvalue weighted by molar-refractivity contribution is -0.117. The molecule has 6 nitrogen and oxygen atoms in total. The summed E-state index contributed by atoms with van der Waals surface area (Å²) >= 11 is 9.38. The molecule has 162 valence electrons. The number of para-hydroxylation sites is 1. The fraction of sp³-hybridized carbons (Fsp3) is 0.136. The predicted molar refractivity (Wildman–Crippen MR) is 125 cm³/mol. The van der Waals surface area contributed by atoms with Crippen LogP contribution in [-0.2, 0) is 21.2 Å². The Balaban J connectivity index is 1.93. The summed E-state index contributed by atoms with van der Waals surface area (Å²) < 4.78 is 34.7. The standard InChI is InChI=1S/C22H20BrClN2O4S/c1-30-20-12-11-16(24)14-21(20)31(28,29)26-19(13-15-7-3-2-4-8-15)22(27)25-18-10-6-5-9-17(18)23/h2-12,14,19,26H,13H2,1H3,(H,25,27). The Morgan fingerprint density at radius 2 is 1.74 bits per heavy atom. The molecular formula is C22H20BrClN2O4S. The van der Waals surface area contributed by atoms with Crippen molar-refractivity contribution in [2.75, 3.05) is 12.4 Å². The summed E-state index contributed by atoms with van der Waals surface area (Å²) in [4.78, 5) is 12.9. The van der Waals surface area contributed by atoms with Crippen molar-refractivity contribution in [3.63, 3.8) is 0 Å². The lowest BCUT2D eigenvalue weighted by Crippen LogP contribution is -2.45. The Morgan fingerprint density at radius 3 is 2.42 bits per heavy atom. The maximum Gasteiger partial charge on any atom is 0.245 e. The van der Waals surface area contributed by atoms with Crippen molar-refractivity contribution in [2.24, 2.45) is 0 Å². The number of amides is 1. The van der Waals surface area contributed by atoms with E-state index in [2.05, 4.69) is 26.0 Å². The van der Waals surface area contributed by atoms with E-state index in [0.29, 0.717) is 10.2 Å². The van der Waals surface area contributed by atoms with E-state index in [-0.39, 0.29) is 22.1 Å². The van der Waals surface area contributed by atoms with Crippen molar-refractivity contribution in [2.45, 2.75) is 17.4 Å². The van der Waals surface area contributed by atoms with Crippen LogP contribution in [0.4, 0.5) is 5.69 Å². The molecule has 0 heterocycles. The quantitative estimate of drug-likeness (QED) is 0.451. The van der Waals surface area contributed by atoms with Gasteiger partial charge in [-0.25, -0.2) is 8.42 Å². The molecule has 31 heavy (non-hydrogen) atoms. The van der Waals surface area contributed by atoms with Crippen LogP contribution in [0.5, 0.6) is 5.75 Å². The van der Waals surface area contributed by atoms with Crippen LogP contribution in [0.3, 0.4) is 0 Å². The zero-order valence-electron chi connectivity index (χ0n) is 16.5. The van der Waals surface area contributed by atoms with Gasteiger partial charge in [-0.1, -0.05) is 54.1 Å². The molecule has 1 unspecified atom stereocenters. The first-order chi connectivity index (χ1) is 14.8. The third-order valence-corrected chi connectivity index (χ3v) is 6.86. The third kappa shape index (κ3) is 6.07. The minimum atomic E-state index is -4.12. The molecular weight excluding hydrogens is 504 g/mol. The van der Waals surface area contributed by atoms with E-state index in [9.17, 15) is 13.2 Å². The largest absolute Gasteiger partial charge is 0.495 e. The van der Waals surface area contributed by atoms with E-state index in [1.165, 1.54) is 25.3 Å². The van der Waals surface area contributed by atoms with E-state index >= 15 is 0 Å². The molecule has 9 heteroatoms. The maximum absolute atomic E-state index is 13.1. The van der Waals surface area contributed by atoms with E-state index in [1.54, 1.807) is 18.2 Å². The molecule has 0 aliphatic rings. The highest BCUT2D eigenvalue weighted by atomic mass is 79.9. The van der Waals surface area contributed by atoms with E-state index in [0.717, 1.165) is 5.56 Å². The number of carbonyl (C=O) groups is 1. The van der Waals surface area contributed by atoms with Gasteiger partial charge in [0.15, 0.2) is 0 Å². The summed E-state index contributed by atoms with van der Waals surface area (Å²) in [6.45, 7) is 0. The lowest BCUT2D eigenvalue weighted by Gasteiger charge is -2.20. The minimum absolute atomic E-state index is 0.126. The van der Waals surface area contributed by atoms with Crippen LogP contribution in [0, 0.1) is 0 Å². The smallest absolute Gasteiger partial charge is 0.245 e. The number of methoxy groups -OCH3 is 1. The Morgan fingerprint density at radius 1 is 1.06 bits per heavy atom. The summed E-state index contributed by atoms with van der Waals surface area (Å²) in [6.07, 6.45) is 0.152. The molecule has 1 amide bonds. The zero-order chi connectivity index (χ0) is 22.4. The van der Waals surface area contributed by atoms with Crippen molar-refractivity contribution >= 4 is 49.1 Å². The molecule has 3 aromatic carbocycles. The molecule has 0 aliphatic heterocycles. The zero-order valence-corrected chi connectivity index (χ0v) is 19.7. The Bertz CT molecular complexity index is 1170. The summed E-state index contributed by atoms with van der Waals surface area (Å²) in [7, 11) is -2.76. The van der Waals surface area contributed by atoms with Crippen LogP contribution in [0.25, 0.3) is 0 Å². The number of hydrogen-bond donors (Lipinski definition) is 2. The number of carbonyl (C=O) groups excluding carboxylic acids is 1. The van der Waals surface area contributed by atoms with Crippen molar-refractivity contribution in [3.05, 3.63) is 87.9 Å². The normalized spacial score (nSPS) is 12.2. The fourth-order valence-electron chi connectivity index (χ4n) is 2.93. The molecule has 0 saturated carbocycles. The average Bonchev–Trinajstić information content (AvgIpc) is 2.75. The van der Waals surface area contributed by atoms with Crippen molar-refractivity contribution in [1.82, 2.24) is 4.72 Å². The second kappa shape index (κ2) is 10.3. The first-order valence-corrected chi connectivity index (χ1v) is 11.9. The topological polar surface area (TPSA) is 84.5 Å². The molecule has 3 rings (SSSR count). The Kier molecular flexibility index (Phi) is 7.72. The molecule has 0 aliphatic carbocycles. The van der Waals surface area contributed by atoms with E-state index in [1.807, 2.05) is 36.4 Å². The van der Waals surface area contributed by atoms with Gasteiger partial charge in [0.05, 0.1) is 12.8 Å². The second-order valence-electron chi connectivity index (χ2n) is 6.63. The van der Waals surface area contributed by atoms with Crippen molar-refractivity contribution in [3.8, 4) is 5.75 Å². The average molecular weight is 524 g/mol. The minimum Gasteiger partial charge on any atom is -0.495 e. The molecule has 3 aromatic rings. The second-order valence-corrected chi connectivity index (χ2v) is 9.60. The van der Waals surface area contributed by atoms with Gasteiger partial charge in [0.1, 0.15) is 16.7 Å². The highest BCUT2D eigenvalue weighted by Gasteiger charge is 2.29. The van der Waals surface area contributed by atoms with Crippen LogP contribution < -0.4 is 14.8 Å². The number of rotatable bonds is 8. The Labute approximate surface area is 194 Å². The third-order valence-electron chi connectivity index (χ3n) is 4.44. The van der Waals surface area contributed by atoms with Gasteiger partial charge in [-0.05, 0) is 58.2 Å². The van der Waals surface area contributed by atoms with E-state index in [4.69, 9.17) is 16.3 Å². The van der Waals surface area contributed by atoms with Crippen molar-refractivity contribution < 1.29 is 17.9 Å². The SMILES string of the molecule is COc1ccc(Cl)cc1S(=O)(=O)NC(Cc1ccccc1)C(=O)Nc1ccccc1Br. The number of hydrogen-bond acceptors (Lipinski definition) is 4. The molecule has 1 atom stereocenters. The highest BCUT2D eigenvalue weighted by Crippen LogP contribution is 2.27. The Hall–Kier alpha value is -2.39. The number of sulfonamides is 1. The molecule has 0 bridgehead atoms. The van der Waals surface area contributed by atoms with Crippen LogP contribution in [0.15, 0.2) is 82.2 Å². The van der Waals surface area contributed by atoms with Crippen LogP contribution >= 0.6 is 27.5 Å². The molecule has 2 N–H and O–H groups in total. The fourth-order valence-corrected chi connectivity index (χ4v) is 4.94.